The molecule has 3 rings (SSSR count). The summed E-state index contributed by atoms with van der Waals surface area (Å²) in [7, 11) is 0. The van der Waals surface area contributed by atoms with Crippen molar-refractivity contribution in [2.75, 3.05) is 0 Å². The minimum Gasteiger partial charge on any atom is -0.192 e. The Bertz CT molecular complexity index is 920. The van der Waals surface area contributed by atoms with Crippen LogP contribution in [0.15, 0.2) is 60.7 Å². The highest BCUT2D eigenvalue weighted by Gasteiger charge is 2.04. The zero-order valence-corrected chi connectivity index (χ0v) is 13.1. The maximum atomic E-state index is 9.46. The first-order valence-electron chi connectivity index (χ1n) is 6.73. The van der Waals surface area contributed by atoms with Crippen molar-refractivity contribution in [2.24, 2.45) is 0 Å². The predicted octanol–water partition coefficient (Wildman–Crippen LogP) is 6.21. The fourth-order valence-corrected chi connectivity index (χ4v) is 2.61. The first-order chi connectivity index (χ1) is 10.7. The number of benzene rings is 3. The SMILES string of the molecule is N#C/C(=C/c1ccc(Cl)c(Cl)c1)c1ccc2ccccc2c1. The topological polar surface area (TPSA) is 23.8 Å². The van der Waals surface area contributed by atoms with Gasteiger partial charge in [-0.15, -0.1) is 0 Å². The number of hydrogen-bond donors (Lipinski definition) is 0. The third kappa shape index (κ3) is 2.99. The van der Waals surface area contributed by atoms with Crippen molar-refractivity contribution >= 4 is 45.6 Å². The second-order valence-electron chi connectivity index (χ2n) is 4.91. The highest BCUT2D eigenvalue weighted by molar-refractivity contribution is 6.42. The quantitative estimate of drug-likeness (QED) is 0.406. The van der Waals surface area contributed by atoms with E-state index in [9.17, 15) is 5.26 Å². The van der Waals surface area contributed by atoms with Gasteiger partial charge in [-0.05, 0) is 46.2 Å². The lowest BCUT2D eigenvalue weighted by Gasteiger charge is -2.04. The summed E-state index contributed by atoms with van der Waals surface area (Å²) in [6.45, 7) is 0. The van der Waals surface area contributed by atoms with E-state index in [1.807, 2.05) is 54.6 Å². The van der Waals surface area contributed by atoms with Gasteiger partial charge in [-0.25, -0.2) is 0 Å². The van der Waals surface area contributed by atoms with E-state index in [-0.39, 0.29) is 0 Å². The first kappa shape index (κ1) is 14.7. The Morgan fingerprint density at radius 2 is 1.64 bits per heavy atom. The van der Waals surface area contributed by atoms with Gasteiger partial charge in [-0.3, -0.25) is 0 Å². The Labute approximate surface area is 139 Å². The number of rotatable bonds is 2. The van der Waals surface area contributed by atoms with Gasteiger partial charge in [0.1, 0.15) is 0 Å². The lowest BCUT2D eigenvalue weighted by molar-refractivity contribution is 1.53. The summed E-state index contributed by atoms with van der Waals surface area (Å²) in [6, 6.07) is 21.6. The van der Waals surface area contributed by atoms with Crippen LogP contribution in [-0.4, -0.2) is 0 Å². The van der Waals surface area contributed by atoms with Gasteiger partial charge in [-0.1, -0.05) is 65.7 Å². The van der Waals surface area contributed by atoms with E-state index in [4.69, 9.17) is 23.2 Å². The minimum atomic E-state index is 0.478. The van der Waals surface area contributed by atoms with Crippen molar-refractivity contribution in [3.05, 3.63) is 81.8 Å². The largest absolute Gasteiger partial charge is 0.192 e. The number of fused-ring (bicyclic) bond motifs is 1. The molecule has 0 heterocycles. The van der Waals surface area contributed by atoms with E-state index in [1.54, 1.807) is 12.1 Å². The molecule has 0 aliphatic rings. The third-order valence-electron chi connectivity index (χ3n) is 3.44. The van der Waals surface area contributed by atoms with Crippen molar-refractivity contribution in [1.82, 2.24) is 0 Å². The molecule has 1 nitrogen and oxygen atoms in total. The summed E-state index contributed by atoms with van der Waals surface area (Å²) in [5.74, 6) is 0. The molecule has 22 heavy (non-hydrogen) atoms. The Kier molecular flexibility index (Phi) is 4.15. The highest BCUT2D eigenvalue weighted by Crippen LogP contribution is 2.26. The molecule has 0 unspecified atom stereocenters. The fraction of sp³-hybridized carbons (Fsp3) is 0. The van der Waals surface area contributed by atoms with Crippen molar-refractivity contribution in [1.29, 1.82) is 5.26 Å². The molecule has 3 heteroatoms. The number of hydrogen-bond acceptors (Lipinski definition) is 1. The fourth-order valence-electron chi connectivity index (χ4n) is 2.31. The molecule has 0 aromatic heterocycles. The highest BCUT2D eigenvalue weighted by atomic mass is 35.5. The van der Waals surface area contributed by atoms with Crippen molar-refractivity contribution < 1.29 is 0 Å². The zero-order chi connectivity index (χ0) is 15.5. The molecular formula is C19H11Cl2N. The van der Waals surface area contributed by atoms with Gasteiger partial charge < -0.3 is 0 Å². The molecule has 3 aromatic rings. The normalized spacial score (nSPS) is 11.4. The van der Waals surface area contributed by atoms with Crippen LogP contribution in [0.2, 0.25) is 10.0 Å². The van der Waals surface area contributed by atoms with Crippen LogP contribution in [0.4, 0.5) is 0 Å². The summed E-state index contributed by atoms with van der Waals surface area (Å²) in [5, 5.41) is 12.7. The second kappa shape index (κ2) is 6.23. The lowest BCUT2D eigenvalue weighted by Crippen LogP contribution is -1.83. The predicted molar refractivity (Wildman–Crippen MR) is 93.9 cm³/mol. The molecule has 0 radical (unpaired) electrons. The molecule has 0 saturated carbocycles. The monoisotopic (exact) mass is 323 g/mol. The van der Waals surface area contributed by atoms with Crippen molar-refractivity contribution in [3.63, 3.8) is 0 Å². The average molecular weight is 324 g/mol. The summed E-state index contributed by atoms with van der Waals surface area (Å²) in [6.07, 6.45) is 1.81. The molecule has 0 bridgehead atoms. The summed E-state index contributed by atoms with van der Waals surface area (Å²) < 4.78 is 0. The summed E-state index contributed by atoms with van der Waals surface area (Å²) in [4.78, 5) is 0. The smallest absolute Gasteiger partial charge is 0.0998 e. The molecule has 0 aliphatic heterocycles. The van der Waals surface area contributed by atoms with Crippen LogP contribution in [0.1, 0.15) is 11.1 Å². The van der Waals surface area contributed by atoms with Crippen LogP contribution < -0.4 is 0 Å². The van der Waals surface area contributed by atoms with Gasteiger partial charge in [0.15, 0.2) is 0 Å². The lowest BCUT2D eigenvalue weighted by atomic mass is 10.0. The maximum Gasteiger partial charge on any atom is 0.0998 e. The number of halogens is 2. The van der Waals surface area contributed by atoms with Gasteiger partial charge in [-0.2, -0.15) is 5.26 Å². The molecule has 0 aliphatic carbocycles. The van der Waals surface area contributed by atoms with E-state index in [0.29, 0.717) is 15.6 Å². The standard InChI is InChI=1S/C19H11Cl2N/c20-18-8-5-13(10-19(18)21)9-17(12-22)16-7-6-14-3-1-2-4-15(14)11-16/h1-11H/b17-9-. The second-order valence-corrected chi connectivity index (χ2v) is 5.72. The van der Waals surface area contributed by atoms with Crippen molar-refractivity contribution in [2.45, 2.75) is 0 Å². The Morgan fingerprint density at radius 3 is 2.36 bits per heavy atom. The van der Waals surface area contributed by atoms with Crippen LogP contribution in [0, 0.1) is 11.3 Å². The number of nitrogens with zero attached hydrogens (tertiary/aromatic N) is 1. The Balaban J connectivity index is 2.07. The van der Waals surface area contributed by atoms with Crippen molar-refractivity contribution in [3.8, 4) is 6.07 Å². The van der Waals surface area contributed by atoms with Crippen LogP contribution in [0.25, 0.3) is 22.4 Å². The van der Waals surface area contributed by atoms with Crippen LogP contribution in [0.3, 0.4) is 0 Å². The van der Waals surface area contributed by atoms with E-state index >= 15 is 0 Å². The average Bonchev–Trinajstić information content (AvgIpc) is 2.55. The number of allylic oxidation sites excluding steroid dienone is 1. The molecule has 0 atom stereocenters. The van der Waals surface area contributed by atoms with Crippen LogP contribution >= 0.6 is 23.2 Å². The molecule has 0 fully saturated rings. The number of nitriles is 1. The van der Waals surface area contributed by atoms with E-state index in [1.165, 1.54) is 0 Å². The maximum absolute atomic E-state index is 9.46. The van der Waals surface area contributed by atoms with E-state index < -0.39 is 0 Å². The molecule has 0 amide bonds. The van der Waals surface area contributed by atoms with Gasteiger partial charge in [0, 0.05) is 0 Å². The van der Waals surface area contributed by atoms with E-state index in [2.05, 4.69) is 6.07 Å². The summed E-state index contributed by atoms with van der Waals surface area (Å²) in [5.41, 5.74) is 2.32. The molecule has 3 aromatic carbocycles. The third-order valence-corrected chi connectivity index (χ3v) is 4.17. The van der Waals surface area contributed by atoms with Crippen LogP contribution in [-0.2, 0) is 0 Å². The van der Waals surface area contributed by atoms with Gasteiger partial charge >= 0.3 is 0 Å². The van der Waals surface area contributed by atoms with Gasteiger partial charge in [0.05, 0.1) is 21.7 Å². The first-order valence-corrected chi connectivity index (χ1v) is 7.49. The molecule has 106 valence electrons. The molecule has 0 spiro atoms. The summed E-state index contributed by atoms with van der Waals surface area (Å²) >= 11 is 11.9. The Morgan fingerprint density at radius 1 is 0.864 bits per heavy atom. The van der Waals surface area contributed by atoms with Gasteiger partial charge in [0.2, 0.25) is 0 Å². The van der Waals surface area contributed by atoms with Gasteiger partial charge in [0.25, 0.3) is 0 Å². The van der Waals surface area contributed by atoms with Crippen LogP contribution in [0.5, 0.6) is 0 Å². The minimum absolute atomic E-state index is 0.478. The Hall–Kier alpha value is -2.27. The molecular weight excluding hydrogens is 313 g/mol. The molecule has 0 saturated heterocycles. The van der Waals surface area contributed by atoms with E-state index in [0.717, 1.165) is 21.9 Å². The zero-order valence-electron chi connectivity index (χ0n) is 11.6. The molecule has 0 N–H and O–H groups in total.